The van der Waals surface area contributed by atoms with E-state index in [2.05, 4.69) is 18.7 Å². The van der Waals surface area contributed by atoms with E-state index in [1.54, 1.807) is 7.11 Å². The van der Waals surface area contributed by atoms with Crippen LogP contribution < -0.4 is 0 Å². The van der Waals surface area contributed by atoms with Crippen molar-refractivity contribution >= 4 is 0 Å². The largest absolute Gasteiger partial charge is 0.396 e. The average molecular weight is 175 g/mol. The smallest absolute Gasteiger partial charge is 0.0615 e. The Balaban J connectivity index is 3.62. The number of nitrogens with zero attached hydrogens (tertiary/aromatic N) is 1. The second-order valence-corrected chi connectivity index (χ2v) is 3.01. The minimum Gasteiger partial charge on any atom is -0.396 e. The lowest BCUT2D eigenvalue weighted by Crippen LogP contribution is -2.37. The number of likely N-dealkylation sites (N-methyl/N-ethyl adjacent to an activating group) is 1. The van der Waals surface area contributed by atoms with Crippen molar-refractivity contribution < 1.29 is 9.84 Å². The molecule has 0 aromatic rings. The van der Waals surface area contributed by atoms with Crippen molar-refractivity contribution in [2.45, 2.75) is 26.3 Å². The molecule has 0 radical (unpaired) electrons. The molecule has 12 heavy (non-hydrogen) atoms. The Morgan fingerprint density at radius 3 is 2.58 bits per heavy atom. The van der Waals surface area contributed by atoms with E-state index in [1.807, 2.05) is 0 Å². The monoisotopic (exact) mass is 175 g/mol. The van der Waals surface area contributed by atoms with Crippen molar-refractivity contribution in [3.8, 4) is 0 Å². The van der Waals surface area contributed by atoms with Gasteiger partial charge in [0.2, 0.25) is 0 Å². The third-order valence-corrected chi connectivity index (χ3v) is 2.04. The maximum Gasteiger partial charge on any atom is 0.0615 e. The quantitative estimate of drug-likeness (QED) is 0.619. The van der Waals surface area contributed by atoms with E-state index in [9.17, 15) is 0 Å². The predicted octanol–water partition coefficient (Wildman–Crippen LogP) is 0.726. The number of hydrogen-bond donors (Lipinski definition) is 1. The lowest BCUT2D eigenvalue weighted by atomic mass is 10.2. The van der Waals surface area contributed by atoms with Crippen LogP contribution >= 0.6 is 0 Å². The number of hydrogen-bond acceptors (Lipinski definition) is 3. The highest BCUT2D eigenvalue weighted by atomic mass is 16.5. The van der Waals surface area contributed by atoms with Gasteiger partial charge in [-0.15, -0.1) is 0 Å². The average Bonchev–Trinajstić information content (AvgIpc) is 2.06. The summed E-state index contributed by atoms with van der Waals surface area (Å²) in [5.74, 6) is 0. The van der Waals surface area contributed by atoms with E-state index in [0.717, 1.165) is 26.1 Å². The van der Waals surface area contributed by atoms with E-state index < -0.39 is 0 Å². The van der Waals surface area contributed by atoms with E-state index in [1.165, 1.54) is 0 Å². The Morgan fingerprint density at radius 1 is 1.50 bits per heavy atom. The van der Waals surface area contributed by atoms with Crippen LogP contribution in [0.1, 0.15) is 20.3 Å². The van der Waals surface area contributed by atoms with Crippen molar-refractivity contribution in [3.05, 3.63) is 0 Å². The normalized spacial score (nSPS) is 13.8. The van der Waals surface area contributed by atoms with Gasteiger partial charge in [0.05, 0.1) is 6.61 Å². The second kappa shape index (κ2) is 7.53. The lowest BCUT2D eigenvalue weighted by Gasteiger charge is -2.26. The summed E-state index contributed by atoms with van der Waals surface area (Å²) in [6, 6.07) is 0.451. The van der Waals surface area contributed by atoms with Crippen LogP contribution in [0.15, 0.2) is 0 Å². The van der Waals surface area contributed by atoms with Crippen LogP contribution in [0.3, 0.4) is 0 Å². The van der Waals surface area contributed by atoms with Gasteiger partial charge in [-0.3, -0.25) is 4.90 Å². The van der Waals surface area contributed by atoms with Crippen molar-refractivity contribution in [1.29, 1.82) is 0 Å². The molecule has 0 heterocycles. The zero-order valence-corrected chi connectivity index (χ0v) is 8.42. The van der Waals surface area contributed by atoms with Gasteiger partial charge in [-0.1, -0.05) is 6.92 Å². The van der Waals surface area contributed by atoms with Crippen LogP contribution in [-0.2, 0) is 4.74 Å². The van der Waals surface area contributed by atoms with Crippen LogP contribution in [0.25, 0.3) is 0 Å². The van der Waals surface area contributed by atoms with Gasteiger partial charge in [0.15, 0.2) is 0 Å². The number of methoxy groups -OCH3 is 1. The van der Waals surface area contributed by atoms with Gasteiger partial charge >= 0.3 is 0 Å². The molecular formula is C9H21NO2. The molecule has 0 aromatic heterocycles. The molecule has 0 saturated heterocycles. The first-order valence-electron chi connectivity index (χ1n) is 4.60. The van der Waals surface area contributed by atoms with Crippen LogP contribution in [0.4, 0.5) is 0 Å². The number of rotatable bonds is 7. The fraction of sp³-hybridized carbons (Fsp3) is 1.00. The summed E-state index contributed by atoms with van der Waals surface area (Å²) in [5, 5.41) is 8.66. The number of ether oxygens (including phenoxy) is 1. The van der Waals surface area contributed by atoms with Crippen molar-refractivity contribution in [2.24, 2.45) is 0 Å². The van der Waals surface area contributed by atoms with Gasteiger partial charge in [-0.25, -0.2) is 0 Å². The molecule has 0 aromatic carbocycles. The summed E-state index contributed by atoms with van der Waals surface area (Å²) in [4.78, 5) is 2.31. The van der Waals surface area contributed by atoms with Crippen LogP contribution in [0.2, 0.25) is 0 Å². The van der Waals surface area contributed by atoms with Gasteiger partial charge in [0, 0.05) is 26.3 Å². The molecule has 3 heteroatoms. The van der Waals surface area contributed by atoms with Crippen molar-refractivity contribution in [1.82, 2.24) is 4.90 Å². The zero-order valence-electron chi connectivity index (χ0n) is 8.42. The molecule has 0 rings (SSSR count). The summed E-state index contributed by atoms with van der Waals surface area (Å²) in [5.41, 5.74) is 0. The minimum atomic E-state index is 0.274. The fourth-order valence-electron chi connectivity index (χ4n) is 1.31. The SMILES string of the molecule is CCN(CCCO)C(C)COC. The third-order valence-electron chi connectivity index (χ3n) is 2.04. The summed E-state index contributed by atoms with van der Waals surface area (Å²) < 4.78 is 5.06. The first kappa shape index (κ1) is 11.9. The molecule has 0 saturated carbocycles. The summed E-state index contributed by atoms with van der Waals surface area (Å²) in [6.45, 7) is 7.28. The molecule has 1 N–H and O–H groups in total. The van der Waals surface area contributed by atoms with Crippen molar-refractivity contribution in [2.75, 3.05) is 33.4 Å². The predicted molar refractivity (Wildman–Crippen MR) is 50.3 cm³/mol. The standard InChI is InChI=1S/C9H21NO2/c1-4-10(6-5-7-11)9(2)8-12-3/h9,11H,4-8H2,1-3H3. The molecule has 0 amide bonds. The van der Waals surface area contributed by atoms with Gasteiger partial charge in [0.25, 0.3) is 0 Å². The zero-order chi connectivity index (χ0) is 9.40. The highest BCUT2D eigenvalue weighted by Gasteiger charge is 2.10. The third kappa shape index (κ3) is 4.70. The second-order valence-electron chi connectivity index (χ2n) is 3.01. The molecule has 3 nitrogen and oxygen atoms in total. The molecule has 1 atom stereocenters. The van der Waals surface area contributed by atoms with Gasteiger partial charge < -0.3 is 9.84 Å². The summed E-state index contributed by atoms with van der Waals surface area (Å²) in [6.07, 6.45) is 0.849. The first-order chi connectivity index (χ1) is 5.76. The van der Waals surface area contributed by atoms with Gasteiger partial charge in [0.1, 0.15) is 0 Å². The molecule has 0 aliphatic heterocycles. The first-order valence-corrected chi connectivity index (χ1v) is 4.60. The van der Waals surface area contributed by atoms with Crippen molar-refractivity contribution in [3.63, 3.8) is 0 Å². The Hall–Kier alpha value is -0.120. The molecule has 1 unspecified atom stereocenters. The molecule has 0 bridgehead atoms. The lowest BCUT2D eigenvalue weighted by molar-refractivity contribution is 0.0975. The van der Waals surface area contributed by atoms with Gasteiger partial charge in [-0.05, 0) is 19.9 Å². The van der Waals surface area contributed by atoms with E-state index >= 15 is 0 Å². The maximum atomic E-state index is 8.66. The maximum absolute atomic E-state index is 8.66. The topological polar surface area (TPSA) is 32.7 Å². The number of aliphatic hydroxyl groups is 1. The highest BCUT2D eigenvalue weighted by molar-refractivity contribution is 4.64. The molecule has 0 aliphatic rings. The minimum absolute atomic E-state index is 0.274. The Labute approximate surface area is 75.3 Å². The highest BCUT2D eigenvalue weighted by Crippen LogP contribution is 1.99. The summed E-state index contributed by atoms with van der Waals surface area (Å²) in [7, 11) is 1.72. The van der Waals surface area contributed by atoms with Crippen LogP contribution in [-0.4, -0.2) is 49.5 Å². The Bertz CT molecular complexity index is 98.5. The van der Waals surface area contributed by atoms with Gasteiger partial charge in [-0.2, -0.15) is 0 Å². The molecular weight excluding hydrogens is 154 g/mol. The van der Waals surface area contributed by atoms with E-state index in [0.29, 0.717) is 6.04 Å². The van der Waals surface area contributed by atoms with Crippen LogP contribution in [0.5, 0.6) is 0 Å². The molecule has 0 spiro atoms. The molecule has 0 aliphatic carbocycles. The van der Waals surface area contributed by atoms with E-state index in [4.69, 9.17) is 9.84 Å². The Morgan fingerprint density at radius 2 is 2.17 bits per heavy atom. The number of aliphatic hydroxyl groups excluding tert-OH is 1. The van der Waals surface area contributed by atoms with Crippen LogP contribution in [0, 0.1) is 0 Å². The molecule has 0 fully saturated rings. The Kier molecular flexibility index (Phi) is 7.45. The van der Waals surface area contributed by atoms with E-state index in [-0.39, 0.29) is 6.61 Å². The summed E-state index contributed by atoms with van der Waals surface area (Å²) >= 11 is 0. The molecule has 74 valence electrons. The fourth-order valence-corrected chi connectivity index (χ4v) is 1.31.